The molecule has 0 radical (unpaired) electrons. The molecule has 0 saturated heterocycles. The van der Waals surface area contributed by atoms with E-state index in [2.05, 4.69) is 73.2 Å². The smallest absolute Gasteiger partial charge is 0.224 e. The Morgan fingerprint density at radius 1 is 1.12 bits per heavy atom. The Balaban J connectivity index is 1.84. The zero-order chi connectivity index (χ0) is 23.1. The van der Waals surface area contributed by atoms with Crippen LogP contribution in [0.4, 0.5) is 5.69 Å². The predicted molar refractivity (Wildman–Crippen MR) is 135 cm³/mol. The van der Waals surface area contributed by atoms with E-state index in [0.717, 1.165) is 64.9 Å². The van der Waals surface area contributed by atoms with E-state index in [1.165, 1.54) is 0 Å². The minimum Gasteiger partial charge on any atom is -0.486 e. The average molecular weight is 502 g/mol. The number of alkyl halides is 1. The number of amides is 1. The Morgan fingerprint density at radius 3 is 2.62 bits per heavy atom. The van der Waals surface area contributed by atoms with E-state index in [1.54, 1.807) is 0 Å². The van der Waals surface area contributed by atoms with E-state index in [9.17, 15) is 4.79 Å². The lowest BCUT2D eigenvalue weighted by Gasteiger charge is -2.26. The van der Waals surface area contributed by atoms with Gasteiger partial charge in [0.15, 0.2) is 11.5 Å². The molecule has 1 heterocycles. The molecule has 0 aliphatic carbocycles. The van der Waals surface area contributed by atoms with Gasteiger partial charge in [0.25, 0.3) is 0 Å². The lowest BCUT2D eigenvalue weighted by Crippen LogP contribution is -2.22. The summed E-state index contributed by atoms with van der Waals surface area (Å²) in [6, 6.07) is 12.4. The highest BCUT2D eigenvalue weighted by Crippen LogP contribution is 2.41. The van der Waals surface area contributed by atoms with Gasteiger partial charge in [0.1, 0.15) is 13.2 Å². The summed E-state index contributed by atoms with van der Waals surface area (Å²) >= 11 is 3.54. The van der Waals surface area contributed by atoms with Gasteiger partial charge in [-0.2, -0.15) is 0 Å². The van der Waals surface area contributed by atoms with Crippen LogP contribution in [0.15, 0.2) is 36.4 Å². The second-order valence-corrected chi connectivity index (χ2v) is 10.1. The topological polar surface area (TPSA) is 47.6 Å². The van der Waals surface area contributed by atoms with E-state index in [4.69, 9.17) is 9.47 Å². The molecular weight excluding hydrogens is 466 g/mol. The maximum atomic E-state index is 13.3. The van der Waals surface area contributed by atoms with E-state index < -0.39 is 0 Å². The molecule has 174 valence electrons. The first-order chi connectivity index (χ1) is 15.3. The molecule has 1 unspecified atom stereocenters. The van der Waals surface area contributed by atoms with E-state index in [-0.39, 0.29) is 17.2 Å². The lowest BCUT2D eigenvalue weighted by molar-refractivity contribution is -0.116. The average Bonchev–Trinajstić information content (AvgIpc) is 2.77. The zero-order valence-electron chi connectivity index (χ0n) is 19.8. The Bertz CT molecular complexity index is 920. The van der Waals surface area contributed by atoms with Crippen LogP contribution in [0.5, 0.6) is 11.5 Å². The van der Waals surface area contributed by atoms with E-state index >= 15 is 0 Å². The number of nitrogens with one attached hydrogen (secondary N) is 1. The Kier molecular flexibility index (Phi) is 8.64. The van der Waals surface area contributed by atoms with Crippen molar-refractivity contribution in [3.8, 4) is 11.5 Å². The molecule has 1 N–H and O–H groups in total. The van der Waals surface area contributed by atoms with Crippen molar-refractivity contribution in [3.05, 3.63) is 53.1 Å². The lowest BCUT2D eigenvalue weighted by atomic mass is 9.85. The molecule has 0 bridgehead atoms. The van der Waals surface area contributed by atoms with Gasteiger partial charge in [-0.15, -0.1) is 0 Å². The van der Waals surface area contributed by atoms with Gasteiger partial charge in [-0.25, -0.2) is 0 Å². The highest BCUT2D eigenvalue weighted by molar-refractivity contribution is 9.08. The number of hydrogen-bond donors (Lipinski definition) is 1. The summed E-state index contributed by atoms with van der Waals surface area (Å²) in [5.74, 6) is 1.73. The van der Waals surface area contributed by atoms with Crippen molar-refractivity contribution in [2.75, 3.05) is 18.5 Å². The van der Waals surface area contributed by atoms with Gasteiger partial charge in [-0.1, -0.05) is 87.2 Å². The van der Waals surface area contributed by atoms with Crippen LogP contribution >= 0.6 is 15.9 Å². The van der Waals surface area contributed by atoms with Crippen LogP contribution in [0.3, 0.4) is 0 Å². The number of ether oxygens (including phenoxy) is 2. The quantitative estimate of drug-likeness (QED) is 0.288. The fourth-order valence-corrected chi connectivity index (χ4v) is 4.63. The number of rotatable bonds is 9. The number of anilines is 1. The van der Waals surface area contributed by atoms with E-state index in [1.807, 2.05) is 12.1 Å². The van der Waals surface area contributed by atoms with Gasteiger partial charge in [-0.05, 0) is 41.0 Å². The molecule has 1 aliphatic rings. The minimum atomic E-state index is -0.0579. The fourth-order valence-electron chi connectivity index (χ4n) is 4.28. The van der Waals surface area contributed by atoms with Crippen LogP contribution in [-0.4, -0.2) is 19.1 Å². The number of fused-ring (bicyclic) bond motifs is 1. The number of carbonyl (C=O) groups excluding carboxylic acids is 1. The van der Waals surface area contributed by atoms with E-state index in [0.29, 0.717) is 19.6 Å². The van der Waals surface area contributed by atoms with Crippen molar-refractivity contribution >= 4 is 27.5 Å². The number of halogens is 1. The zero-order valence-corrected chi connectivity index (χ0v) is 21.4. The largest absolute Gasteiger partial charge is 0.486 e. The first-order valence-electron chi connectivity index (χ1n) is 11.7. The normalized spacial score (nSPS) is 14.2. The summed E-state index contributed by atoms with van der Waals surface area (Å²) in [6.45, 7) is 9.84. The molecule has 32 heavy (non-hydrogen) atoms. The third-order valence-corrected chi connectivity index (χ3v) is 6.59. The minimum absolute atomic E-state index is 0.0399. The first kappa shape index (κ1) is 24.6. The third kappa shape index (κ3) is 6.28. The predicted octanol–water partition coefficient (Wildman–Crippen LogP) is 7.34. The molecule has 3 rings (SSSR count). The standard InChI is InChI=1S/C27H36BrNO3/c1-5-6-7-9-20(21-10-8-11-24-26(21)32-15-14-31-24)17-25(30)29-23-16-19(18-28)12-13-22(23)27(2,3)4/h8,10-13,16,20H,5-7,9,14-15,17-18H2,1-4H3,(H,29,30). The second-order valence-electron chi connectivity index (χ2n) is 9.58. The molecule has 1 aliphatic heterocycles. The molecule has 1 atom stereocenters. The van der Waals surface area contributed by atoms with Gasteiger partial charge >= 0.3 is 0 Å². The molecule has 0 spiro atoms. The SMILES string of the molecule is CCCCCC(CC(=O)Nc1cc(CBr)ccc1C(C)(C)C)c1cccc2c1OCCO2. The number of unbranched alkanes of at least 4 members (excludes halogenated alkanes) is 2. The molecular formula is C27H36BrNO3. The molecule has 2 aromatic carbocycles. The molecule has 0 fully saturated rings. The van der Waals surface area contributed by atoms with Crippen molar-refractivity contribution < 1.29 is 14.3 Å². The third-order valence-electron chi connectivity index (χ3n) is 5.94. The van der Waals surface area contributed by atoms with Crippen molar-refractivity contribution in [3.63, 3.8) is 0 Å². The number of hydrogen-bond acceptors (Lipinski definition) is 3. The van der Waals surface area contributed by atoms with Crippen molar-refractivity contribution in [2.24, 2.45) is 0 Å². The molecule has 0 aromatic heterocycles. The van der Waals surface area contributed by atoms with Crippen LogP contribution in [-0.2, 0) is 15.5 Å². The van der Waals surface area contributed by atoms with Crippen molar-refractivity contribution in [1.82, 2.24) is 0 Å². The number of para-hydroxylation sites is 1. The van der Waals surface area contributed by atoms with Gasteiger partial charge < -0.3 is 14.8 Å². The molecule has 2 aromatic rings. The first-order valence-corrected chi connectivity index (χ1v) is 12.8. The summed E-state index contributed by atoms with van der Waals surface area (Å²) in [4.78, 5) is 13.3. The van der Waals surface area contributed by atoms with Gasteiger partial charge in [0.05, 0.1) is 0 Å². The fraction of sp³-hybridized carbons (Fsp3) is 0.519. The maximum absolute atomic E-state index is 13.3. The molecule has 0 saturated carbocycles. The summed E-state index contributed by atoms with van der Waals surface area (Å²) in [6.07, 6.45) is 4.78. The molecule has 1 amide bonds. The van der Waals surface area contributed by atoms with Crippen LogP contribution in [0, 0.1) is 0 Å². The van der Waals surface area contributed by atoms with Gasteiger partial charge in [0.2, 0.25) is 5.91 Å². The summed E-state index contributed by atoms with van der Waals surface area (Å²) in [5, 5.41) is 3.99. The second kappa shape index (κ2) is 11.2. The number of carbonyl (C=O) groups is 1. The van der Waals surface area contributed by atoms with Gasteiger partial charge in [-0.3, -0.25) is 4.79 Å². The van der Waals surface area contributed by atoms with Crippen molar-refractivity contribution in [2.45, 2.75) is 76.5 Å². The number of benzene rings is 2. The van der Waals surface area contributed by atoms with Crippen LogP contribution in [0.2, 0.25) is 0 Å². The highest BCUT2D eigenvalue weighted by Gasteiger charge is 2.25. The Hall–Kier alpha value is -2.01. The summed E-state index contributed by atoms with van der Waals surface area (Å²) in [7, 11) is 0. The van der Waals surface area contributed by atoms with Crippen molar-refractivity contribution in [1.29, 1.82) is 0 Å². The highest BCUT2D eigenvalue weighted by atomic mass is 79.9. The molecule has 5 heteroatoms. The summed E-state index contributed by atoms with van der Waals surface area (Å²) < 4.78 is 11.8. The monoisotopic (exact) mass is 501 g/mol. The van der Waals surface area contributed by atoms with Gasteiger partial charge in [0, 0.05) is 23.0 Å². The van der Waals surface area contributed by atoms with Crippen LogP contribution in [0.25, 0.3) is 0 Å². The van der Waals surface area contributed by atoms with Crippen LogP contribution < -0.4 is 14.8 Å². The Morgan fingerprint density at radius 2 is 1.91 bits per heavy atom. The molecule has 4 nitrogen and oxygen atoms in total. The maximum Gasteiger partial charge on any atom is 0.224 e. The Labute approximate surface area is 201 Å². The summed E-state index contributed by atoms with van der Waals surface area (Å²) in [5.41, 5.74) is 4.22. The van der Waals surface area contributed by atoms with Crippen LogP contribution in [0.1, 0.15) is 82.4 Å².